The fraction of sp³-hybridized carbons (Fsp3) is 0.391. The summed E-state index contributed by atoms with van der Waals surface area (Å²) in [6.07, 6.45) is -8.09. The van der Waals surface area contributed by atoms with E-state index in [2.05, 4.69) is 21.2 Å². The normalized spacial score (nSPS) is 23.8. The summed E-state index contributed by atoms with van der Waals surface area (Å²) in [4.78, 5) is 24.6. The molecule has 0 unspecified atom stereocenters. The number of carbonyl (C=O) groups excluding carboxylic acids is 2. The predicted molar refractivity (Wildman–Crippen MR) is 127 cm³/mol. The van der Waals surface area contributed by atoms with Crippen LogP contribution in [-0.2, 0) is 16.0 Å². The van der Waals surface area contributed by atoms with E-state index < -0.39 is 54.6 Å². The van der Waals surface area contributed by atoms with E-state index in [1.807, 2.05) is 0 Å². The number of rotatable bonds is 9. The van der Waals surface area contributed by atoms with Gasteiger partial charge in [-0.3, -0.25) is 9.59 Å². The molecule has 0 radical (unpaired) electrons. The van der Waals surface area contributed by atoms with Gasteiger partial charge in [0.2, 0.25) is 12.2 Å². The number of phenols is 3. The molecule has 2 aromatic rings. The van der Waals surface area contributed by atoms with Crippen LogP contribution in [0.2, 0.25) is 0 Å². The first-order valence-corrected chi connectivity index (χ1v) is 11.9. The highest BCUT2D eigenvalue weighted by molar-refractivity contribution is 9.09. The van der Waals surface area contributed by atoms with E-state index in [0.29, 0.717) is 5.56 Å². The summed E-state index contributed by atoms with van der Waals surface area (Å²) < 4.78 is 10.8. The van der Waals surface area contributed by atoms with Gasteiger partial charge in [-0.15, -0.1) is 0 Å². The van der Waals surface area contributed by atoms with Crippen LogP contribution in [0.4, 0.5) is 5.69 Å². The Kier molecular flexibility index (Phi) is 9.11. The van der Waals surface area contributed by atoms with Crippen LogP contribution in [0.5, 0.6) is 23.0 Å². The van der Waals surface area contributed by atoms with E-state index in [1.54, 1.807) is 6.07 Å². The first kappa shape index (κ1) is 27.6. The van der Waals surface area contributed by atoms with Crippen LogP contribution in [0.3, 0.4) is 0 Å². The molecule has 5 atom stereocenters. The number of hydrogen-bond acceptors (Lipinski definition) is 11. The van der Waals surface area contributed by atoms with E-state index in [9.17, 15) is 45.3 Å². The number of phenolic OH excluding ortho intramolecular Hbond substituents is 3. The number of hydrogen-bond donors (Lipinski definition) is 8. The highest BCUT2D eigenvalue weighted by Gasteiger charge is 2.45. The monoisotopic (exact) mass is 571 g/mol. The molecule has 1 saturated heterocycles. The number of halogens is 1. The molecule has 2 aromatic carbocycles. The van der Waals surface area contributed by atoms with Crippen molar-refractivity contribution in [3.05, 3.63) is 41.5 Å². The van der Waals surface area contributed by atoms with Crippen LogP contribution in [0.25, 0.3) is 0 Å². The second kappa shape index (κ2) is 11.9. The third kappa shape index (κ3) is 6.24. The largest absolute Gasteiger partial charge is 0.508 e. The molecule has 13 heteroatoms. The lowest BCUT2D eigenvalue weighted by Crippen LogP contribution is -2.60. The fourth-order valence-electron chi connectivity index (χ4n) is 3.65. The average molecular weight is 572 g/mol. The zero-order valence-corrected chi connectivity index (χ0v) is 20.3. The average Bonchev–Trinajstić information content (AvgIpc) is 2.84. The maximum Gasteiger partial charge on any atom is 0.235 e. The molecule has 1 aliphatic heterocycles. The third-order valence-electron chi connectivity index (χ3n) is 5.53. The number of amides is 1. The van der Waals surface area contributed by atoms with E-state index in [-0.39, 0.29) is 46.8 Å². The van der Waals surface area contributed by atoms with Crippen LogP contribution in [0, 0.1) is 0 Å². The van der Waals surface area contributed by atoms with Crippen LogP contribution in [0.15, 0.2) is 30.3 Å². The van der Waals surface area contributed by atoms with Crippen molar-refractivity contribution in [3.8, 4) is 23.0 Å². The molecule has 3 rings (SSSR count). The number of aliphatic hydroxyl groups is 4. The lowest BCUT2D eigenvalue weighted by Gasteiger charge is -2.39. The van der Waals surface area contributed by atoms with Crippen LogP contribution < -0.4 is 10.1 Å². The Bertz CT molecular complexity index is 1110. The maximum atomic E-state index is 13.0. The minimum Gasteiger partial charge on any atom is -0.508 e. The van der Waals surface area contributed by atoms with Gasteiger partial charge in [-0.25, -0.2) is 0 Å². The SMILES string of the molecule is O=C(CBr)Nc1cc(CCC(=O)c2c(O)cc(O)cc2O[C@@H]2O[C@@H](CO)[C@@H](O)[C@H](O)[C@@H]2O)ccc1O. The van der Waals surface area contributed by atoms with Gasteiger partial charge in [-0.1, -0.05) is 22.0 Å². The van der Waals surface area contributed by atoms with Gasteiger partial charge < -0.3 is 50.5 Å². The second-order valence-electron chi connectivity index (χ2n) is 8.11. The first-order valence-electron chi connectivity index (χ1n) is 10.8. The molecule has 1 heterocycles. The summed E-state index contributed by atoms with van der Waals surface area (Å²) >= 11 is 3.01. The van der Waals surface area contributed by atoms with Gasteiger partial charge in [0.15, 0.2) is 5.78 Å². The summed E-state index contributed by atoms with van der Waals surface area (Å²) in [5, 5.41) is 72.2. The minimum atomic E-state index is -1.78. The molecular formula is C23H26BrNO11. The van der Waals surface area contributed by atoms with Crippen molar-refractivity contribution in [3.63, 3.8) is 0 Å². The molecule has 8 N–H and O–H groups in total. The smallest absolute Gasteiger partial charge is 0.235 e. The summed E-state index contributed by atoms with van der Waals surface area (Å²) in [6, 6.07) is 6.32. The molecule has 0 spiro atoms. The number of anilines is 1. The van der Waals surface area contributed by atoms with Crippen LogP contribution >= 0.6 is 15.9 Å². The van der Waals surface area contributed by atoms with Crippen LogP contribution in [-0.4, -0.2) is 90.1 Å². The van der Waals surface area contributed by atoms with Gasteiger partial charge in [-0.2, -0.15) is 0 Å². The highest BCUT2D eigenvalue weighted by Crippen LogP contribution is 2.36. The van der Waals surface area contributed by atoms with Crippen molar-refractivity contribution < 1.29 is 54.8 Å². The molecule has 0 aromatic heterocycles. The van der Waals surface area contributed by atoms with E-state index in [1.165, 1.54) is 12.1 Å². The van der Waals surface area contributed by atoms with E-state index in [4.69, 9.17) is 9.47 Å². The summed E-state index contributed by atoms with van der Waals surface area (Å²) in [7, 11) is 0. The molecule has 12 nitrogen and oxygen atoms in total. The summed E-state index contributed by atoms with van der Waals surface area (Å²) in [5.74, 6) is -2.61. The number of ketones is 1. The summed E-state index contributed by atoms with van der Waals surface area (Å²) in [6.45, 7) is -0.702. The lowest BCUT2D eigenvalue weighted by atomic mass is 9.98. The molecule has 0 bridgehead atoms. The first-order chi connectivity index (χ1) is 17.0. The van der Waals surface area contributed by atoms with Gasteiger partial charge in [0.25, 0.3) is 0 Å². The summed E-state index contributed by atoms with van der Waals surface area (Å²) in [5.41, 5.74) is 0.403. The van der Waals surface area contributed by atoms with Gasteiger partial charge in [0, 0.05) is 18.6 Å². The van der Waals surface area contributed by atoms with Gasteiger partial charge in [-0.05, 0) is 24.1 Å². The van der Waals surface area contributed by atoms with Crippen molar-refractivity contribution in [2.45, 2.75) is 43.5 Å². The molecule has 1 amide bonds. The number of nitrogens with one attached hydrogen (secondary N) is 1. The number of alkyl halides is 1. The Morgan fingerprint density at radius 3 is 2.39 bits per heavy atom. The quantitative estimate of drug-likeness (QED) is 0.115. The van der Waals surface area contributed by atoms with Gasteiger partial charge in [0.05, 0.1) is 17.6 Å². The highest BCUT2D eigenvalue weighted by atomic mass is 79.9. The molecule has 0 aliphatic carbocycles. The Morgan fingerprint density at radius 1 is 1.00 bits per heavy atom. The van der Waals surface area contributed by atoms with Crippen molar-refractivity contribution in [1.29, 1.82) is 0 Å². The molecular weight excluding hydrogens is 546 g/mol. The number of carbonyl (C=O) groups is 2. The molecule has 0 saturated carbocycles. The Labute approximate surface area is 213 Å². The van der Waals surface area contributed by atoms with Crippen LogP contribution in [0.1, 0.15) is 22.3 Å². The van der Waals surface area contributed by atoms with Crippen molar-refractivity contribution in [2.75, 3.05) is 17.3 Å². The lowest BCUT2D eigenvalue weighted by molar-refractivity contribution is -0.277. The number of benzene rings is 2. The van der Waals surface area contributed by atoms with Crippen molar-refractivity contribution in [1.82, 2.24) is 0 Å². The topological polar surface area (TPSA) is 206 Å². The molecule has 196 valence electrons. The predicted octanol–water partition coefficient (Wildman–Crippen LogP) is 0.131. The zero-order chi connectivity index (χ0) is 26.6. The number of aryl methyl sites for hydroxylation is 1. The Balaban J connectivity index is 1.80. The molecule has 1 fully saturated rings. The van der Waals surface area contributed by atoms with Crippen molar-refractivity contribution in [2.24, 2.45) is 0 Å². The fourth-order valence-corrected chi connectivity index (χ4v) is 3.80. The molecule has 36 heavy (non-hydrogen) atoms. The number of Topliss-reactive ketones (excluding diaryl/α,β-unsaturated/α-hetero) is 1. The number of aliphatic hydroxyl groups excluding tert-OH is 4. The van der Waals surface area contributed by atoms with Crippen molar-refractivity contribution >= 4 is 33.3 Å². The maximum absolute atomic E-state index is 13.0. The van der Waals surface area contributed by atoms with E-state index >= 15 is 0 Å². The molecule has 1 aliphatic rings. The Hall–Kier alpha value is -2.94. The van der Waals surface area contributed by atoms with Gasteiger partial charge in [0.1, 0.15) is 53.0 Å². The number of aromatic hydroxyl groups is 3. The standard InChI is InChI=1S/C23H26BrNO11/c24-8-18(31)25-12-5-10(1-3-13(12)28)2-4-14(29)19-15(30)6-11(27)7-16(19)35-23-22(34)21(33)20(32)17(9-26)36-23/h1,3,5-7,17,20-23,26-28,30,32-34H,2,4,8-9H2,(H,25,31)/t17-,20+,21-,22-,23+/m0/s1. The third-order valence-corrected chi connectivity index (χ3v) is 6.04. The van der Waals surface area contributed by atoms with E-state index in [0.717, 1.165) is 12.1 Å². The van der Waals surface area contributed by atoms with Gasteiger partial charge >= 0.3 is 0 Å². The minimum absolute atomic E-state index is 0.0203. The Morgan fingerprint density at radius 2 is 1.72 bits per heavy atom. The zero-order valence-electron chi connectivity index (χ0n) is 18.7. The number of ether oxygens (including phenoxy) is 2. The second-order valence-corrected chi connectivity index (χ2v) is 8.67.